The molecule has 0 fully saturated rings. The van der Waals surface area contributed by atoms with Gasteiger partial charge in [-0.15, -0.1) is 4.91 Å². The van der Waals surface area contributed by atoms with Crippen molar-refractivity contribution in [3.63, 3.8) is 0 Å². The van der Waals surface area contributed by atoms with Crippen molar-refractivity contribution in [2.24, 2.45) is 11.0 Å². The Balaban J connectivity index is 2.63. The number of rotatable bonds is 4. The number of carbonyl (C=O) groups is 1. The minimum atomic E-state index is -1.10. The van der Waals surface area contributed by atoms with Gasteiger partial charge in [-0.2, -0.15) is 4.68 Å². The Morgan fingerprint density at radius 2 is 2.54 bits per heavy atom. The molecule has 0 amide bonds. The molecule has 7 heteroatoms. The smallest absolute Gasteiger partial charge is 0.320 e. The van der Waals surface area contributed by atoms with Crippen molar-refractivity contribution in [1.29, 1.82) is 0 Å². The molecule has 1 aromatic heterocycles. The molecule has 0 spiro atoms. The van der Waals surface area contributed by atoms with Crippen LogP contribution in [0.15, 0.2) is 17.8 Å². The van der Waals surface area contributed by atoms with E-state index in [-0.39, 0.29) is 6.42 Å². The van der Waals surface area contributed by atoms with Gasteiger partial charge in [-0.25, -0.2) is 4.98 Å². The van der Waals surface area contributed by atoms with Crippen molar-refractivity contribution in [2.45, 2.75) is 12.5 Å². The Morgan fingerprint density at radius 3 is 3.00 bits per heavy atom. The average molecular weight is 184 g/mol. The molecule has 0 saturated carbocycles. The van der Waals surface area contributed by atoms with E-state index in [1.54, 1.807) is 0 Å². The van der Waals surface area contributed by atoms with Gasteiger partial charge in [0.2, 0.25) is 0 Å². The van der Waals surface area contributed by atoms with E-state index >= 15 is 0 Å². The molecular weight excluding hydrogens is 176 g/mol. The average Bonchev–Trinajstić information content (AvgIpc) is 2.52. The fourth-order valence-corrected chi connectivity index (χ4v) is 0.815. The molecule has 0 aliphatic heterocycles. The van der Waals surface area contributed by atoms with Gasteiger partial charge in [0.25, 0.3) is 0 Å². The Bertz CT molecular complexity index is 321. The predicted molar refractivity (Wildman–Crippen MR) is 42.7 cm³/mol. The predicted octanol–water partition coefficient (Wildman–Crippen LogP) is -0.633. The lowest BCUT2D eigenvalue weighted by Gasteiger charge is -2.01. The van der Waals surface area contributed by atoms with Gasteiger partial charge in [-0.3, -0.25) is 4.79 Å². The SMILES string of the molecule is NC(Cc1cn(N=O)cn1)C(=O)O. The van der Waals surface area contributed by atoms with Gasteiger partial charge >= 0.3 is 5.97 Å². The molecule has 1 unspecified atom stereocenters. The summed E-state index contributed by atoms with van der Waals surface area (Å²) in [6, 6.07) is -1.00. The summed E-state index contributed by atoms with van der Waals surface area (Å²) in [7, 11) is 0. The molecule has 3 N–H and O–H groups in total. The van der Waals surface area contributed by atoms with Crippen molar-refractivity contribution in [3.8, 4) is 0 Å². The molecule has 0 saturated heterocycles. The van der Waals surface area contributed by atoms with Crippen molar-refractivity contribution in [3.05, 3.63) is 23.1 Å². The fraction of sp³-hybridized carbons (Fsp3) is 0.333. The van der Waals surface area contributed by atoms with Gasteiger partial charge in [0.15, 0.2) is 0 Å². The van der Waals surface area contributed by atoms with Gasteiger partial charge < -0.3 is 10.8 Å². The van der Waals surface area contributed by atoms with Crippen LogP contribution >= 0.6 is 0 Å². The number of carboxylic acid groups (broad SMARTS) is 1. The van der Waals surface area contributed by atoms with Gasteiger partial charge in [0.1, 0.15) is 12.4 Å². The van der Waals surface area contributed by atoms with Crippen molar-refractivity contribution >= 4 is 5.97 Å². The highest BCUT2D eigenvalue weighted by Crippen LogP contribution is 1.99. The lowest BCUT2D eigenvalue weighted by atomic mass is 10.2. The number of aromatic nitrogens is 2. The molecule has 0 radical (unpaired) electrons. The van der Waals surface area contributed by atoms with Gasteiger partial charge in [-0.1, -0.05) is 0 Å². The number of carboxylic acids is 1. The highest BCUT2D eigenvalue weighted by atomic mass is 16.4. The van der Waals surface area contributed by atoms with E-state index in [4.69, 9.17) is 10.8 Å². The van der Waals surface area contributed by atoms with E-state index in [9.17, 15) is 9.70 Å². The molecule has 7 nitrogen and oxygen atoms in total. The lowest BCUT2D eigenvalue weighted by Crippen LogP contribution is -2.32. The molecule has 13 heavy (non-hydrogen) atoms. The maximum absolute atomic E-state index is 10.3. The van der Waals surface area contributed by atoms with Crippen LogP contribution in [-0.4, -0.2) is 26.8 Å². The van der Waals surface area contributed by atoms with Crippen LogP contribution in [0.3, 0.4) is 0 Å². The number of nitrogens with zero attached hydrogens (tertiary/aromatic N) is 3. The van der Waals surface area contributed by atoms with Crippen LogP contribution in [0.2, 0.25) is 0 Å². The molecule has 0 aromatic carbocycles. The topological polar surface area (TPSA) is 111 Å². The van der Waals surface area contributed by atoms with E-state index < -0.39 is 12.0 Å². The molecular formula is C6H8N4O3. The quantitative estimate of drug-likeness (QED) is 0.605. The van der Waals surface area contributed by atoms with Gasteiger partial charge in [0.05, 0.1) is 17.2 Å². The fourth-order valence-electron chi connectivity index (χ4n) is 0.815. The third-order valence-electron chi connectivity index (χ3n) is 1.46. The molecule has 0 aliphatic carbocycles. The first kappa shape index (κ1) is 9.33. The number of nitroso groups, excluding NO2 is 1. The Hall–Kier alpha value is -1.76. The summed E-state index contributed by atoms with van der Waals surface area (Å²) in [5.41, 5.74) is 5.67. The molecule has 0 bridgehead atoms. The van der Waals surface area contributed by atoms with Crippen LogP contribution in [0.1, 0.15) is 5.69 Å². The summed E-state index contributed by atoms with van der Waals surface area (Å²) >= 11 is 0. The second-order valence-corrected chi connectivity index (χ2v) is 2.48. The highest BCUT2D eigenvalue weighted by Gasteiger charge is 2.13. The second-order valence-electron chi connectivity index (χ2n) is 2.48. The van der Waals surface area contributed by atoms with Gasteiger partial charge in [0, 0.05) is 6.42 Å². The highest BCUT2D eigenvalue weighted by molar-refractivity contribution is 5.73. The summed E-state index contributed by atoms with van der Waals surface area (Å²) in [5, 5.41) is 11.0. The molecule has 0 aliphatic rings. The molecule has 1 atom stereocenters. The zero-order valence-corrected chi connectivity index (χ0v) is 6.62. The number of nitrogens with two attached hydrogens (primary N) is 1. The summed E-state index contributed by atoms with van der Waals surface area (Å²) in [6.45, 7) is 0. The maximum Gasteiger partial charge on any atom is 0.320 e. The van der Waals surface area contributed by atoms with Crippen LogP contribution < -0.4 is 5.73 Å². The van der Waals surface area contributed by atoms with Crippen molar-refractivity contribution in [1.82, 2.24) is 9.66 Å². The first-order chi connectivity index (χ1) is 6.13. The summed E-state index contributed by atoms with van der Waals surface area (Å²) in [6.07, 6.45) is 2.60. The summed E-state index contributed by atoms with van der Waals surface area (Å²) < 4.78 is 0.948. The van der Waals surface area contributed by atoms with E-state index in [0.29, 0.717) is 5.69 Å². The van der Waals surface area contributed by atoms with Crippen LogP contribution in [0.25, 0.3) is 0 Å². The minimum absolute atomic E-state index is 0.0812. The number of hydrogen-bond acceptors (Lipinski definition) is 5. The third kappa shape index (κ3) is 2.34. The Kier molecular flexibility index (Phi) is 2.70. The minimum Gasteiger partial charge on any atom is -0.480 e. The van der Waals surface area contributed by atoms with Crippen LogP contribution in [0.4, 0.5) is 0 Å². The largest absolute Gasteiger partial charge is 0.480 e. The normalized spacial score (nSPS) is 12.4. The second kappa shape index (κ2) is 3.76. The van der Waals surface area contributed by atoms with E-state index in [1.165, 1.54) is 12.5 Å². The van der Waals surface area contributed by atoms with Gasteiger partial charge in [-0.05, 0) is 0 Å². The molecule has 1 aromatic rings. The standard InChI is InChI=1S/C6H8N4O3/c7-5(6(11)12)1-4-2-10(9-13)3-8-4/h2-3,5H,1,7H2,(H,11,12). The third-order valence-corrected chi connectivity index (χ3v) is 1.46. The van der Waals surface area contributed by atoms with Crippen molar-refractivity contribution < 1.29 is 9.90 Å². The number of aliphatic carboxylic acids is 1. The first-order valence-corrected chi connectivity index (χ1v) is 3.48. The number of hydrogen-bond donors (Lipinski definition) is 2. The van der Waals surface area contributed by atoms with E-state index in [1.807, 2.05) is 0 Å². The molecule has 1 rings (SSSR count). The van der Waals surface area contributed by atoms with Crippen molar-refractivity contribution in [2.75, 3.05) is 0 Å². The van der Waals surface area contributed by atoms with Crippen LogP contribution in [-0.2, 0) is 11.2 Å². The van der Waals surface area contributed by atoms with Crippen LogP contribution in [0.5, 0.6) is 0 Å². The summed E-state index contributed by atoms with van der Waals surface area (Å²) in [4.78, 5) is 24.0. The zero-order valence-electron chi connectivity index (χ0n) is 6.62. The lowest BCUT2D eigenvalue weighted by molar-refractivity contribution is -0.138. The summed E-state index contributed by atoms with van der Waals surface area (Å²) in [5.74, 6) is -1.10. The maximum atomic E-state index is 10.3. The number of imidazole rings is 1. The van der Waals surface area contributed by atoms with E-state index in [0.717, 1.165) is 4.68 Å². The molecule has 1 heterocycles. The zero-order chi connectivity index (χ0) is 9.84. The Labute approximate surface area is 73.1 Å². The van der Waals surface area contributed by atoms with Crippen LogP contribution in [0, 0.1) is 4.91 Å². The Morgan fingerprint density at radius 1 is 1.85 bits per heavy atom. The molecule has 70 valence electrons. The first-order valence-electron chi connectivity index (χ1n) is 3.48. The monoisotopic (exact) mass is 184 g/mol. The van der Waals surface area contributed by atoms with E-state index in [2.05, 4.69) is 10.3 Å².